The van der Waals surface area contributed by atoms with E-state index >= 15 is 0 Å². The molecule has 2 aromatic carbocycles. The Labute approximate surface area is 202 Å². The standard InChI is InChI=1S/C24H16ClF3N2O5/c1-34-18-7-2-14(12-17(18)25)21(31)19-20(13-8-10-29-11-9-13)30(23(33)22(19)32)15-3-5-16(6-4-15)35-24(26,27)28/h2-12,20,31H,1H3/b21-19-. The molecule has 0 radical (unpaired) electrons. The third-order valence-corrected chi connectivity index (χ3v) is 5.54. The summed E-state index contributed by atoms with van der Waals surface area (Å²) in [5, 5.41) is 11.3. The van der Waals surface area contributed by atoms with Gasteiger partial charge in [-0.25, -0.2) is 0 Å². The Kier molecular flexibility index (Phi) is 6.40. The summed E-state index contributed by atoms with van der Waals surface area (Å²) in [5.74, 6) is -2.58. The maximum Gasteiger partial charge on any atom is 0.573 e. The Morgan fingerprint density at radius 2 is 1.71 bits per heavy atom. The first-order valence-electron chi connectivity index (χ1n) is 10.0. The van der Waals surface area contributed by atoms with Gasteiger partial charge in [-0.3, -0.25) is 19.5 Å². The molecular formula is C24H16ClF3N2O5. The van der Waals surface area contributed by atoms with E-state index in [-0.39, 0.29) is 21.8 Å². The number of aliphatic hydroxyl groups is 1. The van der Waals surface area contributed by atoms with Gasteiger partial charge in [0.15, 0.2) is 0 Å². The molecule has 0 saturated carbocycles. The van der Waals surface area contributed by atoms with Crippen molar-refractivity contribution in [2.75, 3.05) is 12.0 Å². The van der Waals surface area contributed by atoms with Crippen LogP contribution in [0.4, 0.5) is 18.9 Å². The number of rotatable bonds is 5. The van der Waals surface area contributed by atoms with Crippen molar-refractivity contribution in [3.8, 4) is 11.5 Å². The van der Waals surface area contributed by atoms with E-state index in [9.17, 15) is 27.9 Å². The van der Waals surface area contributed by atoms with Crippen molar-refractivity contribution in [2.24, 2.45) is 0 Å². The number of aromatic nitrogens is 1. The lowest BCUT2D eigenvalue weighted by Crippen LogP contribution is -2.29. The van der Waals surface area contributed by atoms with Gasteiger partial charge < -0.3 is 14.6 Å². The second kappa shape index (κ2) is 9.30. The minimum Gasteiger partial charge on any atom is -0.507 e. The molecule has 3 aromatic rings. The number of aliphatic hydroxyl groups excluding tert-OH is 1. The topological polar surface area (TPSA) is 89.0 Å². The SMILES string of the molecule is COc1ccc(/C(O)=C2/C(=O)C(=O)N(c3ccc(OC(F)(F)F)cc3)C2c2ccncc2)cc1Cl. The van der Waals surface area contributed by atoms with Crippen LogP contribution in [-0.2, 0) is 9.59 Å². The Bertz CT molecular complexity index is 1310. The zero-order valence-electron chi connectivity index (χ0n) is 17.9. The van der Waals surface area contributed by atoms with Gasteiger partial charge in [0, 0.05) is 23.6 Å². The number of nitrogens with zero attached hydrogens (tertiary/aromatic N) is 2. The molecule has 1 unspecified atom stereocenters. The molecule has 11 heteroatoms. The summed E-state index contributed by atoms with van der Waals surface area (Å²) in [4.78, 5) is 31.2. The van der Waals surface area contributed by atoms with Gasteiger partial charge in [-0.1, -0.05) is 11.6 Å². The van der Waals surface area contributed by atoms with Crippen molar-refractivity contribution in [2.45, 2.75) is 12.4 Å². The van der Waals surface area contributed by atoms with Gasteiger partial charge in [-0.05, 0) is 60.2 Å². The van der Waals surface area contributed by atoms with E-state index in [0.717, 1.165) is 17.0 Å². The molecule has 7 nitrogen and oxygen atoms in total. The molecule has 2 heterocycles. The lowest BCUT2D eigenvalue weighted by atomic mass is 9.95. The van der Waals surface area contributed by atoms with Gasteiger partial charge in [-0.15, -0.1) is 13.2 Å². The average molecular weight is 505 g/mol. The summed E-state index contributed by atoms with van der Waals surface area (Å²) < 4.78 is 46.6. The smallest absolute Gasteiger partial charge is 0.507 e. The van der Waals surface area contributed by atoms with Crippen LogP contribution >= 0.6 is 11.6 Å². The third-order valence-electron chi connectivity index (χ3n) is 5.24. The van der Waals surface area contributed by atoms with Gasteiger partial charge in [0.05, 0.1) is 23.7 Å². The van der Waals surface area contributed by atoms with E-state index < -0.39 is 35.6 Å². The molecular weight excluding hydrogens is 489 g/mol. The van der Waals surface area contributed by atoms with E-state index in [0.29, 0.717) is 11.3 Å². The predicted molar refractivity (Wildman–Crippen MR) is 120 cm³/mol. The molecule has 1 aliphatic rings. The maximum atomic E-state index is 13.1. The number of carbonyl (C=O) groups excluding carboxylic acids is 2. The maximum absolute atomic E-state index is 13.1. The number of hydrogen-bond donors (Lipinski definition) is 1. The van der Waals surface area contributed by atoms with Crippen molar-refractivity contribution >= 4 is 34.7 Å². The monoisotopic (exact) mass is 504 g/mol. The van der Waals surface area contributed by atoms with Crippen LogP contribution in [0.1, 0.15) is 17.2 Å². The number of alkyl halides is 3. The molecule has 35 heavy (non-hydrogen) atoms. The molecule has 1 saturated heterocycles. The highest BCUT2D eigenvalue weighted by Crippen LogP contribution is 2.43. The first-order chi connectivity index (χ1) is 16.6. The third kappa shape index (κ3) is 4.78. The number of Topliss-reactive ketones (excluding diaryl/α,β-unsaturated/α-hetero) is 1. The molecule has 4 rings (SSSR count). The Morgan fingerprint density at radius 1 is 1.06 bits per heavy atom. The fraction of sp³-hybridized carbons (Fsp3) is 0.125. The molecule has 1 aliphatic heterocycles. The Hall–Kier alpha value is -4.05. The Morgan fingerprint density at radius 3 is 2.29 bits per heavy atom. The van der Waals surface area contributed by atoms with Crippen molar-refractivity contribution < 1.29 is 37.3 Å². The summed E-state index contributed by atoms with van der Waals surface area (Å²) in [6.07, 6.45) is -2.00. The van der Waals surface area contributed by atoms with Gasteiger partial charge in [-0.2, -0.15) is 0 Å². The predicted octanol–water partition coefficient (Wildman–Crippen LogP) is 5.27. The minimum absolute atomic E-state index is 0.121. The zero-order valence-corrected chi connectivity index (χ0v) is 18.7. The lowest BCUT2D eigenvalue weighted by Gasteiger charge is -2.25. The molecule has 1 aromatic heterocycles. The molecule has 0 aliphatic carbocycles. The van der Waals surface area contributed by atoms with Crippen LogP contribution < -0.4 is 14.4 Å². The number of carbonyl (C=O) groups is 2. The molecule has 0 bridgehead atoms. The number of ether oxygens (including phenoxy) is 2. The molecule has 1 amide bonds. The highest BCUT2D eigenvalue weighted by atomic mass is 35.5. The summed E-state index contributed by atoms with van der Waals surface area (Å²) >= 11 is 6.16. The molecule has 180 valence electrons. The second-order valence-corrected chi connectivity index (χ2v) is 7.75. The normalized spacial score (nSPS) is 17.5. The first-order valence-corrected chi connectivity index (χ1v) is 10.4. The van der Waals surface area contributed by atoms with E-state index in [1.54, 1.807) is 12.1 Å². The molecule has 1 fully saturated rings. The van der Waals surface area contributed by atoms with Gasteiger partial charge in [0.2, 0.25) is 0 Å². The number of benzene rings is 2. The largest absolute Gasteiger partial charge is 0.573 e. The number of halogens is 4. The van der Waals surface area contributed by atoms with E-state index in [2.05, 4.69) is 9.72 Å². The van der Waals surface area contributed by atoms with E-state index in [4.69, 9.17) is 16.3 Å². The minimum atomic E-state index is -4.89. The first kappa shape index (κ1) is 24.1. The number of hydrogen-bond acceptors (Lipinski definition) is 6. The zero-order chi connectivity index (χ0) is 25.3. The van der Waals surface area contributed by atoms with Crippen LogP contribution in [0, 0.1) is 0 Å². The van der Waals surface area contributed by atoms with Crippen molar-refractivity contribution in [3.63, 3.8) is 0 Å². The van der Waals surface area contributed by atoms with Crippen molar-refractivity contribution in [3.05, 3.63) is 88.7 Å². The van der Waals surface area contributed by atoms with Crippen LogP contribution in [0.3, 0.4) is 0 Å². The number of anilines is 1. The van der Waals surface area contributed by atoms with Crippen molar-refractivity contribution in [1.29, 1.82) is 0 Å². The van der Waals surface area contributed by atoms with Crippen LogP contribution in [0.2, 0.25) is 5.02 Å². The van der Waals surface area contributed by atoms with Crippen LogP contribution in [0.25, 0.3) is 5.76 Å². The molecule has 1 atom stereocenters. The quantitative estimate of drug-likeness (QED) is 0.289. The van der Waals surface area contributed by atoms with E-state index in [1.807, 2.05) is 0 Å². The highest BCUT2D eigenvalue weighted by Gasteiger charge is 2.47. The van der Waals surface area contributed by atoms with Gasteiger partial charge in [0.25, 0.3) is 11.7 Å². The summed E-state index contributed by atoms with van der Waals surface area (Å²) in [5.41, 5.74) is 0.506. The van der Waals surface area contributed by atoms with Crippen LogP contribution in [-0.4, -0.2) is 35.3 Å². The second-order valence-electron chi connectivity index (χ2n) is 7.34. The summed E-state index contributed by atoms with van der Waals surface area (Å²) in [6, 6.07) is 10.8. The van der Waals surface area contributed by atoms with Crippen molar-refractivity contribution in [1.82, 2.24) is 4.98 Å². The van der Waals surface area contributed by atoms with Crippen LogP contribution in [0.15, 0.2) is 72.6 Å². The molecule has 1 N–H and O–H groups in total. The molecule has 0 spiro atoms. The Balaban J connectivity index is 1.84. The van der Waals surface area contributed by atoms with Crippen LogP contribution in [0.5, 0.6) is 11.5 Å². The van der Waals surface area contributed by atoms with Gasteiger partial charge in [0.1, 0.15) is 17.3 Å². The fourth-order valence-corrected chi connectivity index (χ4v) is 4.00. The highest BCUT2D eigenvalue weighted by molar-refractivity contribution is 6.51. The summed E-state index contributed by atoms with van der Waals surface area (Å²) in [6.45, 7) is 0. The fourth-order valence-electron chi connectivity index (χ4n) is 3.74. The lowest BCUT2D eigenvalue weighted by molar-refractivity contribution is -0.274. The van der Waals surface area contributed by atoms with Gasteiger partial charge >= 0.3 is 6.36 Å². The number of pyridine rings is 1. The number of amides is 1. The summed E-state index contributed by atoms with van der Waals surface area (Å²) in [7, 11) is 1.42. The number of methoxy groups -OCH3 is 1. The number of ketones is 1. The average Bonchev–Trinajstić information content (AvgIpc) is 3.09. The van der Waals surface area contributed by atoms with E-state index in [1.165, 1.54) is 49.8 Å².